The van der Waals surface area contributed by atoms with Crippen molar-refractivity contribution >= 4 is 11.5 Å². The van der Waals surface area contributed by atoms with Gasteiger partial charge in [-0.05, 0) is 12.1 Å². The molecule has 0 saturated carbocycles. The Morgan fingerprint density at radius 3 is 2.72 bits per heavy atom. The summed E-state index contributed by atoms with van der Waals surface area (Å²) in [6, 6.07) is 8.81. The normalized spacial score (nSPS) is 14.9. The summed E-state index contributed by atoms with van der Waals surface area (Å²) in [4.78, 5) is 21.1. The molecule has 1 aliphatic heterocycles. The summed E-state index contributed by atoms with van der Waals surface area (Å²) in [7, 11) is 0. The number of morpholine rings is 1. The number of aromatic nitrogens is 2. The first-order valence-electron chi connectivity index (χ1n) is 8.00. The Hall–Kier alpha value is -2.78. The average Bonchev–Trinajstić information content (AvgIpc) is 2.63. The Balaban J connectivity index is 1.70. The number of hydrogen-bond donors (Lipinski definition) is 1. The van der Waals surface area contributed by atoms with Crippen LogP contribution < -0.4 is 10.1 Å². The van der Waals surface area contributed by atoms with Crippen LogP contribution in [0.25, 0.3) is 0 Å². The fourth-order valence-corrected chi connectivity index (χ4v) is 2.49. The van der Waals surface area contributed by atoms with Crippen LogP contribution in [0.5, 0.6) is 11.6 Å². The van der Waals surface area contributed by atoms with E-state index in [-0.39, 0.29) is 17.4 Å². The lowest BCUT2D eigenvalue weighted by Crippen LogP contribution is -2.39. The Bertz CT molecular complexity index is 707. The molecule has 0 bridgehead atoms. The van der Waals surface area contributed by atoms with Crippen molar-refractivity contribution in [1.82, 2.24) is 14.9 Å². The maximum Gasteiger partial charge on any atom is 0.373 e. The molecule has 0 aliphatic carbocycles. The minimum Gasteiger partial charge on any atom is -0.434 e. The standard InChI is InChI=1S/C16H19N5O4/c22-21(23)14-15(17-6-7-20-8-10-24-11-9-20)18-12-19-16(14)25-13-4-2-1-3-5-13/h1-5,12H,6-11H2,(H,17,18,19). The Labute approximate surface area is 144 Å². The van der Waals surface area contributed by atoms with Gasteiger partial charge in [0.15, 0.2) is 0 Å². The third kappa shape index (κ3) is 4.61. The third-order valence-electron chi connectivity index (χ3n) is 3.75. The van der Waals surface area contributed by atoms with Crippen LogP contribution in [0, 0.1) is 10.1 Å². The molecule has 1 aromatic heterocycles. The second-order valence-corrected chi connectivity index (χ2v) is 5.43. The topological polar surface area (TPSA) is 103 Å². The molecule has 2 aromatic rings. The molecule has 0 radical (unpaired) electrons. The maximum absolute atomic E-state index is 11.5. The van der Waals surface area contributed by atoms with Crippen molar-refractivity contribution in [3.05, 3.63) is 46.8 Å². The maximum atomic E-state index is 11.5. The van der Waals surface area contributed by atoms with E-state index in [1.807, 2.05) is 6.07 Å². The number of para-hydroxylation sites is 1. The third-order valence-corrected chi connectivity index (χ3v) is 3.75. The van der Waals surface area contributed by atoms with Crippen LogP contribution >= 0.6 is 0 Å². The number of benzene rings is 1. The summed E-state index contributed by atoms with van der Waals surface area (Å²) in [6.07, 6.45) is 1.25. The van der Waals surface area contributed by atoms with Crippen LogP contribution in [0.3, 0.4) is 0 Å². The van der Waals surface area contributed by atoms with E-state index in [2.05, 4.69) is 20.2 Å². The second kappa shape index (κ2) is 8.36. The van der Waals surface area contributed by atoms with Gasteiger partial charge in [-0.3, -0.25) is 15.0 Å². The van der Waals surface area contributed by atoms with E-state index < -0.39 is 4.92 Å². The number of hydrogen-bond acceptors (Lipinski definition) is 8. The van der Waals surface area contributed by atoms with Gasteiger partial charge in [0.1, 0.15) is 12.1 Å². The monoisotopic (exact) mass is 345 g/mol. The van der Waals surface area contributed by atoms with E-state index in [1.54, 1.807) is 24.3 Å². The summed E-state index contributed by atoms with van der Waals surface area (Å²) >= 11 is 0. The molecule has 1 saturated heterocycles. The lowest BCUT2D eigenvalue weighted by atomic mass is 10.3. The Kier molecular flexibility index (Phi) is 5.70. The van der Waals surface area contributed by atoms with Crippen molar-refractivity contribution in [2.24, 2.45) is 0 Å². The van der Waals surface area contributed by atoms with Crippen LogP contribution in [0.2, 0.25) is 0 Å². The fourth-order valence-electron chi connectivity index (χ4n) is 2.49. The van der Waals surface area contributed by atoms with Gasteiger partial charge in [0.05, 0.1) is 18.1 Å². The van der Waals surface area contributed by atoms with Gasteiger partial charge < -0.3 is 14.8 Å². The van der Waals surface area contributed by atoms with Gasteiger partial charge in [-0.1, -0.05) is 18.2 Å². The zero-order chi connectivity index (χ0) is 17.5. The molecule has 0 atom stereocenters. The molecule has 2 heterocycles. The van der Waals surface area contributed by atoms with Crippen molar-refractivity contribution in [2.75, 3.05) is 44.7 Å². The SMILES string of the molecule is O=[N+]([O-])c1c(NCCN2CCOCC2)ncnc1Oc1ccccc1. The summed E-state index contributed by atoms with van der Waals surface area (Å²) in [6.45, 7) is 4.42. The Morgan fingerprint density at radius 1 is 1.24 bits per heavy atom. The van der Waals surface area contributed by atoms with Crippen molar-refractivity contribution in [3.8, 4) is 11.6 Å². The van der Waals surface area contributed by atoms with Gasteiger partial charge in [0, 0.05) is 26.2 Å². The molecule has 3 rings (SSSR count). The molecule has 0 unspecified atom stereocenters. The van der Waals surface area contributed by atoms with Gasteiger partial charge >= 0.3 is 11.6 Å². The van der Waals surface area contributed by atoms with Crippen LogP contribution in [0.4, 0.5) is 11.5 Å². The number of ether oxygens (including phenoxy) is 2. The van der Waals surface area contributed by atoms with E-state index >= 15 is 0 Å². The first-order valence-corrected chi connectivity index (χ1v) is 8.00. The van der Waals surface area contributed by atoms with E-state index in [1.165, 1.54) is 6.33 Å². The predicted octanol–water partition coefficient (Wildman–Crippen LogP) is 1.92. The van der Waals surface area contributed by atoms with Crippen LogP contribution in [0.1, 0.15) is 0 Å². The summed E-state index contributed by atoms with van der Waals surface area (Å²) in [5, 5.41) is 14.5. The van der Waals surface area contributed by atoms with Crippen LogP contribution in [-0.2, 0) is 4.74 Å². The highest BCUT2D eigenvalue weighted by Crippen LogP contribution is 2.33. The van der Waals surface area contributed by atoms with E-state index in [0.29, 0.717) is 25.5 Å². The highest BCUT2D eigenvalue weighted by atomic mass is 16.6. The lowest BCUT2D eigenvalue weighted by Gasteiger charge is -2.26. The number of rotatable bonds is 7. The molecule has 1 aliphatic rings. The molecular weight excluding hydrogens is 326 g/mol. The number of nitrogens with zero attached hydrogens (tertiary/aromatic N) is 4. The molecule has 9 nitrogen and oxygen atoms in total. The molecule has 1 N–H and O–H groups in total. The highest BCUT2D eigenvalue weighted by molar-refractivity contribution is 5.61. The van der Waals surface area contributed by atoms with E-state index in [9.17, 15) is 10.1 Å². The van der Waals surface area contributed by atoms with Crippen molar-refractivity contribution < 1.29 is 14.4 Å². The molecule has 1 aromatic carbocycles. The summed E-state index contributed by atoms with van der Waals surface area (Å²) in [5.41, 5.74) is -0.270. The molecule has 0 spiro atoms. The van der Waals surface area contributed by atoms with Gasteiger partial charge in [0.2, 0.25) is 5.82 Å². The largest absolute Gasteiger partial charge is 0.434 e. The van der Waals surface area contributed by atoms with Gasteiger partial charge in [-0.2, -0.15) is 4.98 Å². The number of nitrogens with one attached hydrogen (secondary N) is 1. The van der Waals surface area contributed by atoms with Crippen molar-refractivity contribution in [2.45, 2.75) is 0 Å². The van der Waals surface area contributed by atoms with Crippen LogP contribution in [0.15, 0.2) is 36.7 Å². The smallest absolute Gasteiger partial charge is 0.373 e. The molecular formula is C16H19N5O4. The second-order valence-electron chi connectivity index (χ2n) is 5.43. The molecule has 25 heavy (non-hydrogen) atoms. The predicted molar refractivity (Wildman–Crippen MR) is 91.0 cm³/mol. The summed E-state index contributed by atoms with van der Waals surface area (Å²) < 4.78 is 10.8. The van der Waals surface area contributed by atoms with Crippen LogP contribution in [-0.4, -0.2) is 59.2 Å². The first-order chi connectivity index (χ1) is 12.2. The first kappa shape index (κ1) is 17.1. The van der Waals surface area contributed by atoms with Gasteiger partial charge in [-0.25, -0.2) is 4.98 Å². The number of nitro groups is 1. The van der Waals surface area contributed by atoms with E-state index in [0.717, 1.165) is 19.6 Å². The zero-order valence-corrected chi connectivity index (χ0v) is 13.6. The molecule has 1 fully saturated rings. The quantitative estimate of drug-likeness (QED) is 0.600. The minimum absolute atomic E-state index is 0.0833. The average molecular weight is 345 g/mol. The van der Waals surface area contributed by atoms with Gasteiger partial charge in [-0.15, -0.1) is 0 Å². The molecule has 0 amide bonds. The van der Waals surface area contributed by atoms with Crippen molar-refractivity contribution in [3.63, 3.8) is 0 Å². The van der Waals surface area contributed by atoms with Gasteiger partial charge in [0.25, 0.3) is 0 Å². The fraction of sp³-hybridized carbons (Fsp3) is 0.375. The molecule has 9 heteroatoms. The minimum atomic E-state index is -0.532. The lowest BCUT2D eigenvalue weighted by molar-refractivity contribution is -0.385. The summed E-state index contributed by atoms with van der Waals surface area (Å²) in [5.74, 6) is 0.544. The Morgan fingerprint density at radius 2 is 2.00 bits per heavy atom. The highest BCUT2D eigenvalue weighted by Gasteiger charge is 2.25. The zero-order valence-electron chi connectivity index (χ0n) is 13.6. The molecule has 132 valence electrons. The van der Waals surface area contributed by atoms with Crippen molar-refractivity contribution in [1.29, 1.82) is 0 Å². The number of anilines is 1. The van der Waals surface area contributed by atoms with E-state index in [4.69, 9.17) is 9.47 Å².